The monoisotopic (exact) mass is 484 g/mol. The number of amides is 1. The van der Waals surface area contributed by atoms with E-state index < -0.39 is 10.0 Å². The van der Waals surface area contributed by atoms with Crippen LogP contribution in [0.3, 0.4) is 0 Å². The third-order valence-electron chi connectivity index (χ3n) is 5.88. The zero-order valence-corrected chi connectivity index (χ0v) is 20.7. The van der Waals surface area contributed by atoms with Gasteiger partial charge in [0, 0.05) is 25.7 Å². The standard InChI is InChI=1S/C29H28N2O3S/c1-23-13-19-28(20-14-23)35(33,34)30(2)27-17-15-26(16-18-27)29(32)31(21-24-9-5-3-6-10-24)22-25-11-7-4-8-12-25/h3-20H,21-22H2,1-2H3. The van der Waals surface area contributed by atoms with E-state index in [1.165, 1.54) is 11.4 Å². The molecule has 6 heteroatoms. The Hall–Kier alpha value is -3.90. The predicted molar refractivity (Wildman–Crippen MR) is 140 cm³/mol. The van der Waals surface area contributed by atoms with E-state index in [0.29, 0.717) is 24.3 Å². The highest BCUT2D eigenvalue weighted by atomic mass is 32.2. The van der Waals surface area contributed by atoms with Crippen molar-refractivity contribution >= 4 is 21.6 Å². The molecule has 0 aliphatic heterocycles. The molecule has 0 saturated heterocycles. The highest BCUT2D eigenvalue weighted by molar-refractivity contribution is 7.92. The smallest absolute Gasteiger partial charge is 0.264 e. The molecule has 0 aliphatic rings. The van der Waals surface area contributed by atoms with E-state index in [4.69, 9.17) is 0 Å². The molecule has 0 radical (unpaired) electrons. The molecule has 0 atom stereocenters. The molecule has 0 saturated carbocycles. The van der Waals surface area contributed by atoms with Gasteiger partial charge in [-0.15, -0.1) is 0 Å². The number of nitrogens with zero attached hydrogens (tertiary/aromatic N) is 2. The van der Waals surface area contributed by atoms with Crippen molar-refractivity contribution < 1.29 is 13.2 Å². The van der Waals surface area contributed by atoms with Crippen molar-refractivity contribution in [3.05, 3.63) is 131 Å². The first-order valence-electron chi connectivity index (χ1n) is 11.4. The number of benzene rings is 4. The lowest BCUT2D eigenvalue weighted by atomic mass is 10.1. The van der Waals surface area contributed by atoms with Crippen molar-refractivity contribution in [1.29, 1.82) is 0 Å². The number of carbonyl (C=O) groups is 1. The van der Waals surface area contributed by atoms with Crippen molar-refractivity contribution in [3.63, 3.8) is 0 Å². The molecule has 0 aromatic heterocycles. The minimum absolute atomic E-state index is 0.117. The SMILES string of the molecule is Cc1ccc(S(=O)(=O)N(C)c2ccc(C(=O)N(Cc3ccccc3)Cc3ccccc3)cc2)cc1. The van der Waals surface area contributed by atoms with Gasteiger partial charge in [0.25, 0.3) is 15.9 Å². The number of hydrogen-bond donors (Lipinski definition) is 0. The van der Waals surface area contributed by atoms with Crippen LogP contribution in [-0.4, -0.2) is 26.3 Å². The fourth-order valence-electron chi connectivity index (χ4n) is 3.81. The number of aryl methyl sites for hydroxylation is 1. The van der Waals surface area contributed by atoms with Crippen LogP contribution in [0.5, 0.6) is 0 Å². The summed E-state index contributed by atoms with van der Waals surface area (Å²) in [6.07, 6.45) is 0. The third kappa shape index (κ3) is 5.78. The second-order valence-corrected chi connectivity index (χ2v) is 10.4. The molecule has 5 nitrogen and oxygen atoms in total. The molecule has 4 aromatic rings. The minimum atomic E-state index is -3.70. The molecular weight excluding hydrogens is 456 g/mol. The van der Waals surface area contributed by atoms with E-state index in [-0.39, 0.29) is 10.8 Å². The van der Waals surface area contributed by atoms with Crippen LogP contribution < -0.4 is 4.31 Å². The van der Waals surface area contributed by atoms with Gasteiger partial charge in [-0.3, -0.25) is 9.10 Å². The first kappa shape index (κ1) is 24.2. The van der Waals surface area contributed by atoms with Crippen molar-refractivity contribution in [3.8, 4) is 0 Å². The minimum Gasteiger partial charge on any atom is -0.330 e. The summed E-state index contributed by atoms with van der Waals surface area (Å²) in [5.74, 6) is -0.117. The van der Waals surface area contributed by atoms with Gasteiger partial charge in [0.2, 0.25) is 0 Å². The number of rotatable bonds is 8. The molecule has 0 spiro atoms. The van der Waals surface area contributed by atoms with E-state index in [0.717, 1.165) is 16.7 Å². The fourth-order valence-corrected chi connectivity index (χ4v) is 5.01. The van der Waals surface area contributed by atoms with Gasteiger partial charge in [-0.25, -0.2) is 8.42 Å². The van der Waals surface area contributed by atoms with E-state index in [9.17, 15) is 13.2 Å². The summed E-state index contributed by atoms with van der Waals surface area (Å²) in [7, 11) is -2.18. The van der Waals surface area contributed by atoms with E-state index in [1.807, 2.05) is 67.6 Å². The molecule has 0 heterocycles. The van der Waals surface area contributed by atoms with Crippen LogP contribution in [0.2, 0.25) is 0 Å². The van der Waals surface area contributed by atoms with Crippen LogP contribution in [0.25, 0.3) is 0 Å². The lowest BCUT2D eigenvalue weighted by Gasteiger charge is -2.24. The number of hydrogen-bond acceptors (Lipinski definition) is 3. The van der Waals surface area contributed by atoms with Crippen molar-refractivity contribution in [2.75, 3.05) is 11.4 Å². The van der Waals surface area contributed by atoms with Crippen LogP contribution >= 0.6 is 0 Å². The topological polar surface area (TPSA) is 57.7 Å². The molecule has 1 amide bonds. The maximum atomic E-state index is 13.5. The van der Waals surface area contributed by atoms with Crippen molar-refractivity contribution in [2.45, 2.75) is 24.9 Å². The number of anilines is 1. The van der Waals surface area contributed by atoms with Crippen molar-refractivity contribution in [2.24, 2.45) is 0 Å². The predicted octanol–water partition coefficient (Wildman–Crippen LogP) is 5.66. The van der Waals surface area contributed by atoms with E-state index >= 15 is 0 Å². The van der Waals surface area contributed by atoms with E-state index in [2.05, 4.69) is 0 Å². The molecule has 0 fully saturated rings. The Bertz CT molecular complexity index is 1330. The Morgan fingerprint density at radius 1 is 0.686 bits per heavy atom. The summed E-state index contributed by atoms with van der Waals surface area (Å²) in [4.78, 5) is 15.5. The number of sulfonamides is 1. The molecule has 0 unspecified atom stereocenters. The maximum absolute atomic E-state index is 13.5. The molecular formula is C29H28N2O3S. The summed E-state index contributed by atoms with van der Waals surface area (Å²) >= 11 is 0. The van der Waals surface area contributed by atoms with Gasteiger partial charge in [0.1, 0.15) is 0 Å². The fraction of sp³-hybridized carbons (Fsp3) is 0.138. The molecule has 4 rings (SSSR count). The van der Waals surface area contributed by atoms with Gasteiger partial charge in [-0.1, -0.05) is 78.4 Å². The van der Waals surface area contributed by atoms with E-state index in [1.54, 1.807) is 53.4 Å². The van der Waals surface area contributed by atoms with Crippen LogP contribution in [0.4, 0.5) is 5.69 Å². The average Bonchev–Trinajstić information content (AvgIpc) is 2.89. The van der Waals surface area contributed by atoms with Gasteiger partial charge in [-0.05, 0) is 54.4 Å². The molecule has 4 aromatic carbocycles. The Kier molecular flexibility index (Phi) is 7.32. The van der Waals surface area contributed by atoms with Gasteiger partial charge >= 0.3 is 0 Å². The Morgan fingerprint density at radius 2 is 1.17 bits per heavy atom. The molecule has 178 valence electrons. The lowest BCUT2D eigenvalue weighted by molar-refractivity contribution is 0.0730. The Balaban J connectivity index is 1.56. The summed E-state index contributed by atoms with van der Waals surface area (Å²) in [5.41, 5.74) is 4.06. The summed E-state index contributed by atoms with van der Waals surface area (Å²) < 4.78 is 27.3. The Morgan fingerprint density at radius 3 is 1.66 bits per heavy atom. The Labute approximate surface area is 207 Å². The second kappa shape index (κ2) is 10.6. The molecule has 0 aliphatic carbocycles. The summed E-state index contributed by atoms with van der Waals surface area (Å²) in [5, 5.41) is 0. The van der Waals surface area contributed by atoms with Crippen molar-refractivity contribution in [1.82, 2.24) is 4.90 Å². The first-order valence-corrected chi connectivity index (χ1v) is 12.8. The van der Waals surface area contributed by atoms with Gasteiger partial charge < -0.3 is 4.90 Å². The van der Waals surface area contributed by atoms with Crippen LogP contribution in [0.1, 0.15) is 27.0 Å². The van der Waals surface area contributed by atoms with Crippen LogP contribution in [0, 0.1) is 6.92 Å². The largest absolute Gasteiger partial charge is 0.330 e. The third-order valence-corrected chi connectivity index (χ3v) is 7.68. The van der Waals surface area contributed by atoms with Gasteiger partial charge in [0.15, 0.2) is 0 Å². The highest BCUT2D eigenvalue weighted by Crippen LogP contribution is 2.24. The van der Waals surface area contributed by atoms with Crippen LogP contribution in [-0.2, 0) is 23.1 Å². The lowest BCUT2D eigenvalue weighted by Crippen LogP contribution is -2.30. The maximum Gasteiger partial charge on any atom is 0.264 e. The molecule has 35 heavy (non-hydrogen) atoms. The normalized spacial score (nSPS) is 11.1. The van der Waals surface area contributed by atoms with Crippen LogP contribution in [0.15, 0.2) is 114 Å². The van der Waals surface area contributed by atoms with Gasteiger partial charge in [0.05, 0.1) is 10.6 Å². The second-order valence-electron chi connectivity index (χ2n) is 8.46. The summed E-state index contributed by atoms with van der Waals surface area (Å²) in [6.45, 7) is 2.85. The first-order chi connectivity index (χ1) is 16.8. The highest BCUT2D eigenvalue weighted by Gasteiger charge is 2.22. The quantitative estimate of drug-likeness (QED) is 0.324. The van der Waals surface area contributed by atoms with Gasteiger partial charge in [-0.2, -0.15) is 0 Å². The average molecular weight is 485 g/mol. The summed E-state index contributed by atoms with van der Waals surface area (Å²) in [6, 6.07) is 33.2. The number of carbonyl (C=O) groups excluding carboxylic acids is 1. The zero-order valence-electron chi connectivity index (χ0n) is 19.8. The molecule has 0 bridgehead atoms. The molecule has 0 N–H and O–H groups in total. The zero-order chi connectivity index (χ0) is 24.8.